The molecular weight excluding hydrogens is 624 g/mol. The SMILES string of the molecule is COc1cc(O[C@@H]2O[C@H](CO)[C@@H](O)[C@H](O)[C@H]2O)c2c(c1)C(=O)c1cc(CCc3ccc(N)nc3)c(Cc3cccc(O)c3)c(O)c1C2=O. The zero-order valence-electron chi connectivity index (χ0n) is 25.7. The van der Waals surface area contributed by atoms with E-state index in [1.807, 2.05) is 6.07 Å². The fourth-order valence-corrected chi connectivity index (χ4v) is 6.10. The Morgan fingerprint density at radius 3 is 2.33 bits per heavy atom. The number of aromatic nitrogens is 1. The van der Waals surface area contributed by atoms with Crippen LogP contribution >= 0.6 is 0 Å². The lowest BCUT2D eigenvalue weighted by atomic mass is 9.79. The van der Waals surface area contributed by atoms with Crippen LogP contribution in [0.25, 0.3) is 0 Å². The fraction of sp³-hybridized carbons (Fsp3) is 0.286. The van der Waals surface area contributed by atoms with E-state index in [-0.39, 0.29) is 45.9 Å². The Hall–Kier alpha value is -5.05. The number of aromatic hydroxyl groups is 2. The number of phenols is 2. The normalized spacial score (nSPS) is 21.8. The first-order chi connectivity index (χ1) is 23.0. The number of pyridine rings is 1. The molecule has 0 radical (unpaired) electrons. The third-order valence-electron chi connectivity index (χ3n) is 8.67. The first kappa shape index (κ1) is 32.9. The number of nitrogens with two attached hydrogens (primary N) is 1. The molecule has 0 unspecified atom stereocenters. The number of ketones is 2. The molecule has 4 aromatic rings. The van der Waals surface area contributed by atoms with Crippen LogP contribution in [0, 0.1) is 0 Å². The number of methoxy groups -OCH3 is 1. The summed E-state index contributed by atoms with van der Waals surface area (Å²) in [5.41, 5.74) is 7.56. The van der Waals surface area contributed by atoms with E-state index in [1.54, 1.807) is 30.5 Å². The third-order valence-corrected chi connectivity index (χ3v) is 8.67. The first-order valence-electron chi connectivity index (χ1n) is 15.1. The molecule has 13 heteroatoms. The largest absolute Gasteiger partial charge is 0.508 e. The van der Waals surface area contributed by atoms with Crippen molar-refractivity contribution in [3.8, 4) is 23.0 Å². The van der Waals surface area contributed by atoms with Gasteiger partial charge in [0.05, 0.1) is 24.8 Å². The lowest BCUT2D eigenvalue weighted by Crippen LogP contribution is -2.60. The van der Waals surface area contributed by atoms with Gasteiger partial charge in [0.25, 0.3) is 0 Å². The molecule has 0 bridgehead atoms. The van der Waals surface area contributed by atoms with Crippen LogP contribution in [0.1, 0.15) is 54.1 Å². The van der Waals surface area contributed by atoms with Crippen LogP contribution in [-0.4, -0.2) is 91.6 Å². The van der Waals surface area contributed by atoms with Gasteiger partial charge >= 0.3 is 0 Å². The van der Waals surface area contributed by atoms with Crippen LogP contribution in [0.5, 0.6) is 23.0 Å². The van der Waals surface area contributed by atoms with Crippen molar-refractivity contribution in [3.05, 3.63) is 105 Å². The fourth-order valence-electron chi connectivity index (χ4n) is 6.10. The third kappa shape index (κ3) is 6.05. The maximum atomic E-state index is 14.3. The van der Waals surface area contributed by atoms with E-state index in [0.29, 0.717) is 35.3 Å². The topological polar surface area (TPSA) is 222 Å². The molecule has 1 aliphatic carbocycles. The molecule has 0 saturated carbocycles. The van der Waals surface area contributed by atoms with Gasteiger partial charge in [-0.3, -0.25) is 9.59 Å². The van der Waals surface area contributed by atoms with Crippen molar-refractivity contribution < 1.29 is 54.4 Å². The minimum absolute atomic E-state index is 0.0172. The van der Waals surface area contributed by atoms with Gasteiger partial charge in [-0.05, 0) is 59.9 Å². The zero-order valence-corrected chi connectivity index (χ0v) is 25.7. The van der Waals surface area contributed by atoms with E-state index >= 15 is 0 Å². The number of ether oxygens (including phenoxy) is 3. The summed E-state index contributed by atoms with van der Waals surface area (Å²) in [6.07, 6.45) is -5.57. The number of phenolic OH excluding ortho intramolecular Hbond substituents is 2. The van der Waals surface area contributed by atoms with Crippen molar-refractivity contribution in [1.29, 1.82) is 0 Å². The standard InChI is InChI=1S/C35H34N2O11/c1-46-20-12-23-27(24(13-20)47-35-34(45)33(44)31(42)25(15-38)48-35)32(43)28-22(29(23)40)11-18(7-5-16-6-8-26(36)37-14-16)21(30(28)41)10-17-3-2-4-19(39)9-17/h2-4,6,8-9,11-14,25,31,33-35,38-39,41-42,44-45H,5,7,10,15H2,1H3,(H2,36,37)/t25-,31-,33+,34-,35-/m1/s1. The Labute approximate surface area is 274 Å². The Bertz CT molecular complexity index is 1880. The summed E-state index contributed by atoms with van der Waals surface area (Å²) in [6.45, 7) is -0.709. The van der Waals surface area contributed by atoms with Crippen LogP contribution in [-0.2, 0) is 24.0 Å². The highest BCUT2D eigenvalue weighted by Crippen LogP contribution is 2.43. The molecular formula is C35H34N2O11. The predicted octanol–water partition coefficient (Wildman–Crippen LogP) is 1.41. The Balaban J connectivity index is 1.45. The van der Waals surface area contributed by atoms with E-state index in [1.165, 1.54) is 31.4 Å². The lowest BCUT2D eigenvalue weighted by molar-refractivity contribution is -0.277. The smallest absolute Gasteiger partial charge is 0.229 e. The molecule has 0 spiro atoms. The van der Waals surface area contributed by atoms with Crippen molar-refractivity contribution in [2.24, 2.45) is 0 Å². The number of hydrogen-bond donors (Lipinski definition) is 7. The Kier molecular flexibility index (Phi) is 9.05. The number of fused-ring (bicyclic) bond motifs is 2. The van der Waals surface area contributed by atoms with E-state index in [2.05, 4.69) is 4.98 Å². The summed E-state index contributed by atoms with van der Waals surface area (Å²) in [6, 6.07) is 14.2. The van der Waals surface area contributed by atoms with Gasteiger partial charge in [0.1, 0.15) is 53.2 Å². The van der Waals surface area contributed by atoms with Crippen LogP contribution in [0.15, 0.2) is 60.8 Å². The molecule has 5 atom stereocenters. The monoisotopic (exact) mass is 658 g/mol. The Morgan fingerprint density at radius 2 is 1.65 bits per heavy atom. The van der Waals surface area contributed by atoms with Crippen molar-refractivity contribution in [1.82, 2.24) is 4.98 Å². The second kappa shape index (κ2) is 13.2. The molecule has 13 nitrogen and oxygen atoms in total. The first-order valence-corrected chi connectivity index (χ1v) is 15.1. The number of nitrogens with zero attached hydrogens (tertiary/aromatic N) is 1. The summed E-state index contributed by atoms with van der Waals surface area (Å²) < 4.78 is 16.7. The maximum absolute atomic E-state index is 14.3. The summed E-state index contributed by atoms with van der Waals surface area (Å²) in [5.74, 6) is -1.53. The second-order valence-corrected chi connectivity index (χ2v) is 11.7. The van der Waals surface area contributed by atoms with Crippen LogP contribution < -0.4 is 15.2 Å². The van der Waals surface area contributed by atoms with E-state index in [9.17, 15) is 40.2 Å². The number of anilines is 1. The van der Waals surface area contributed by atoms with Gasteiger partial charge < -0.3 is 50.6 Å². The van der Waals surface area contributed by atoms with Crippen LogP contribution in [0.4, 0.5) is 5.82 Å². The summed E-state index contributed by atoms with van der Waals surface area (Å²) in [5, 5.41) is 62.6. The molecule has 2 heterocycles. The zero-order chi connectivity index (χ0) is 34.3. The van der Waals surface area contributed by atoms with Gasteiger partial charge in [-0.25, -0.2) is 4.98 Å². The molecule has 1 saturated heterocycles. The molecule has 3 aromatic carbocycles. The maximum Gasteiger partial charge on any atom is 0.229 e. The number of aliphatic hydroxyl groups excluding tert-OH is 4. The molecule has 6 rings (SSSR count). The summed E-state index contributed by atoms with van der Waals surface area (Å²) in [7, 11) is 1.34. The highest BCUT2D eigenvalue weighted by Gasteiger charge is 2.46. The molecule has 1 fully saturated rings. The van der Waals surface area contributed by atoms with Crippen LogP contribution in [0.3, 0.4) is 0 Å². The molecule has 250 valence electrons. The lowest BCUT2D eigenvalue weighted by Gasteiger charge is -2.39. The molecule has 1 aliphatic heterocycles. The van der Waals surface area contributed by atoms with Gasteiger partial charge in [-0.15, -0.1) is 0 Å². The van der Waals surface area contributed by atoms with Crippen molar-refractivity contribution in [3.63, 3.8) is 0 Å². The van der Waals surface area contributed by atoms with Gasteiger partial charge in [-0.2, -0.15) is 0 Å². The van der Waals surface area contributed by atoms with Gasteiger partial charge in [-0.1, -0.05) is 18.2 Å². The number of benzene rings is 3. The number of rotatable bonds is 9. The molecule has 8 N–H and O–H groups in total. The van der Waals surface area contributed by atoms with Gasteiger partial charge in [0.2, 0.25) is 12.1 Å². The number of hydrogen-bond acceptors (Lipinski definition) is 13. The average Bonchev–Trinajstić information content (AvgIpc) is 3.08. The second-order valence-electron chi connectivity index (χ2n) is 11.7. The van der Waals surface area contributed by atoms with E-state index in [4.69, 9.17) is 19.9 Å². The predicted molar refractivity (Wildman–Crippen MR) is 169 cm³/mol. The Morgan fingerprint density at radius 1 is 0.875 bits per heavy atom. The molecule has 48 heavy (non-hydrogen) atoms. The molecule has 0 amide bonds. The number of aryl methyl sites for hydroxylation is 2. The number of carbonyl (C=O) groups excluding carboxylic acids is 2. The van der Waals surface area contributed by atoms with Crippen molar-refractivity contribution >= 4 is 17.4 Å². The number of aliphatic hydroxyl groups is 4. The number of carbonyl (C=O) groups is 2. The van der Waals surface area contributed by atoms with E-state index in [0.717, 1.165) is 5.56 Å². The molecule has 1 aromatic heterocycles. The summed E-state index contributed by atoms with van der Waals surface area (Å²) >= 11 is 0. The summed E-state index contributed by atoms with van der Waals surface area (Å²) in [4.78, 5) is 32.6. The minimum atomic E-state index is -1.80. The van der Waals surface area contributed by atoms with Crippen LogP contribution in [0.2, 0.25) is 0 Å². The average molecular weight is 659 g/mol. The van der Waals surface area contributed by atoms with E-state index < -0.39 is 54.6 Å². The highest BCUT2D eigenvalue weighted by molar-refractivity contribution is 6.30. The van der Waals surface area contributed by atoms with Gasteiger partial charge in [0, 0.05) is 35.4 Å². The highest BCUT2D eigenvalue weighted by atomic mass is 16.7. The quantitative estimate of drug-likeness (QED) is 0.119. The molecule has 2 aliphatic rings. The number of nitrogen functional groups attached to an aromatic ring is 1. The van der Waals surface area contributed by atoms with Gasteiger partial charge in [0.15, 0.2) is 5.78 Å². The minimum Gasteiger partial charge on any atom is -0.508 e. The van der Waals surface area contributed by atoms with Crippen molar-refractivity contribution in [2.75, 3.05) is 19.5 Å². The van der Waals surface area contributed by atoms with Crippen molar-refractivity contribution in [2.45, 2.75) is 50.0 Å².